The van der Waals surface area contributed by atoms with Gasteiger partial charge in [0.25, 0.3) is 5.91 Å². The Morgan fingerprint density at radius 3 is 2.88 bits per heavy atom. The molecule has 1 aromatic carbocycles. The molecule has 26 heavy (non-hydrogen) atoms. The molecule has 2 aromatic heterocycles. The molecular weight excluding hydrogens is 343 g/mol. The van der Waals surface area contributed by atoms with Gasteiger partial charge in [0.1, 0.15) is 11.4 Å². The average Bonchev–Trinajstić information content (AvgIpc) is 3.09. The lowest BCUT2D eigenvalue weighted by Gasteiger charge is -2.32. The van der Waals surface area contributed by atoms with Gasteiger partial charge in [-0.3, -0.25) is 9.59 Å². The molecule has 4 rings (SSSR count). The monoisotopic (exact) mass is 356 g/mol. The topological polar surface area (TPSA) is 119 Å². The number of hydrogen-bond acceptors (Lipinski definition) is 4. The number of benzene rings is 1. The Morgan fingerprint density at radius 2 is 2.12 bits per heavy atom. The number of carboxylic acids is 1. The van der Waals surface area contributed by atoms with Crippen LogP contribution in [0.2, 0.25) is 0 Å². The van der Waals surface area contributed by atoms with Crippen LogP contribution in [0, 0.1) is 5.82 Å². The Balaban J connectivity index is 1.81. The van der Waals surface area contributed by atoms with Crippen LogP contribution in [0.3, 0.4) is 0 Å². The van der Waals surface area contributed by atoms with Crippen molar-refractivity contribution in [2.75, 3.05) is 6.54 Å². The first-order valence-electron chi connectivity index (χ1n) is 7.85. The Kier molecular flexibility index (Phi) is 3.57. The zero-order valence-corrected chi connectivity index (χ0v) is 13.3. The molecule has 8 nitrogen and oxygen atoms in total. The molecule has 3 aromatic rings. The molecular formula is C17H13FN4O4. The lowest BCUT2D eigenvalue weighted by molar-refractivity contribution is -0.143. The number of nitrogens with one attached hydrogen (secondary N) is 2. The van der Waals surface area contributed by atoms with Gasteiger partial charge in [-0.15, -0.1) is 0 Å². The fraction of sp³-hybridized carbons (Fsp3) is 0.176. The number of pyridine rings is 1. The van der Waals surface area contributed by atoms with E-state index in [1.165, 1.54) is 24.5 Å². The van der Waals surface area contributed by atoms with E-state index in [4.69, 9.17) is 0 Å². The van der Waals surface area contributed by atoms with Gasteiger partial charge in [-0.2, -0.15) is 0 Å². The molecule has 1 aliphatic heterocycles. The third-order valence-electron chi connectivity index (χ3n) is 4.51. The highest BCUT2D eigenvalue weighted by atomic mass is 19.1. The van der Waals surface area contributed by atoms with Crippen molar-refractivity contribution in [1.82, 2.24) is 19.9 Å². The SMILES string of the molecule is O=C(O)C1c2nc[nH]c2CCN1C(=O)c1c[nH]c2c(F)cccc2c1=O. The van der Waals surface area contributed by atoms with Crippen molar-refractivity contribution < 1.29 is 19.1 Å². The molecule has 1 amide bonds. The van der Waals surface area contributed by atoms with Crippen molar-refractivity contribution in [3.8, 4) is 0 Å². The minimum atomic E-state index is -1.29. The number of aliphatic carboxylic acids is 1. The molecule has 1 atom stereocenters. The number of imidazole rings is 1. The summed E-state index contributed by atoms with van der Waals surface area (Å²) in [4.78, 5) is 47.8. The van der Waals surface area contributed by atoms with Crippen molar-refractivity contribution in [2.24, 2.45) is 0 Å². The predicted octanol–water partition coefficient (Wildman–Crippen LogP) is 1.21. The van der Waals surface area contributed by atoms with Crippen LogP contribution in [0.15, 0.2) is 35.5 Å². The molecule has 0 saturated heterocycles. The van der Waals surface area contributed by atoms with Crippen LogP contribution in [-0.4, -0.2) is 43.4 Å². The largest absolute Gasteiger partial charge is 0.479 e. The predicted molar refractivity (Wildman–Crippen MR) is 88.2 cm³/mol. The van der Waals surface area contributed by atoms with Gasteiger partial charge in [-0.25, -0.2) is 14.2 Å². The molecule has 1 unspecified atom stereocenters. The summed E-state index contributed by atoms with van der Waals surface area (Å²) in [6.07, 6.45) is 2.89. The van der Waals surface area contributed by atoms with Crippen LogP contribution >= 0.6 is 0 Å². The van der Waals surface area contributed by atoms with Gasteiger partial charge in [0.05, 0.1) is 17.5 Å². The van der Waals surface area contributed by atoms with Crippen molar-refractivity contribution in [2.45, 2.75) is 12.5 Å². The van der Waals surface area contributed by atoms with E-state index in [1.807, 2.05) is 0 Å². The second-order valence-electron chi connectivity index (χ2n) is 5.95. The van der Waals surface area contributed by atoms with Crippen LogP contribution in [0.5, 0.6) is 0 Å². The number of amides is 1. The van der Waals surface area contributed by atoms with Gasteiger partial charge in [0, 0.05) is 30.2 Å². The number of aromatic amines is 2. The number of hydrogen-bond donors (Lipinski definition) is 3. The van der Waals surface area contributed by atoms with Crippen LogP contribution in [0.1, 0.15) is 27.8 Å². The minimum absolute atomic E-state index is 0.00272. The number of para-hydroxylation sites is 1. The van der Waals surface area contributed by atoms with E-state index in [1.54, 1.807) is 0 Å². The van der Waals surface area contributed by atoms with E-state index in [0.717, 1.165) is 11.1 Å². The maximum Gasteiger partial charge on any atom is 0.332 e. The third-order valence-corrected chi connectivity index (χ3v) is 4.51. The maximum atomic E-state index is 13.8. The van der Waals surface area contributed by atoms with E-state index in [2.05, 4.69) is 15.0 Å². The maximum absolute atomic E-state index is 13.8. The molecule has 132 valence electrons. The number of carboxylic acid groups (broad SMARTS) is 1. The van der Waals surface area contributed by atoms with E-state index in [0.29, 0.717) is 12.1 Å². The summed E-state index contributed by atoms with van der Waals surface area (Å²) in [7, 11) is 0. The van der Waals surface area contributed by atoms with Crippen LogP contribution in [0.4, 0.5) is 4.39 Å². The quantitative estimate of drug-likeness (QED) is 0.638. The molecule has 0 radical (unpaired) electrons. The summed E-state index contributed by atoms with van der Waals surface area (Å²) in [5.41, 5.74) is 0.00178. The molecule has 0 aliphatic carbocycles. The van der Waals surface area contributed by atoms with Gasteiger partial charge in [-0.05, 0) is 12.1 Å². The second kappa shape index (κ2) is 5.80. The fourth-order valence-corrected chi connectivity index (χ4v) is 3.27. The van der Waals surface area contributed by atoms with E-state index in [9.17, 15) is 23.9 Å². The first-order valence-corrected chi connectivity index (χ1v) is 7.85. The number of fused-ring (bicyclic) bond motifs is 2. The molecule has 9 heteroatoms. The second-order valence-corrected chi connectivity index (χ2v) is 5.95. The number of aromatic nitrogens is 3. The van der Waals surface area contributed by atoms with E-state index < -0.39 is 29.2 Å². The van der Waals surface area contributed by atoms with Crippen LogP contribution < -0.4 is 5.43 Å². The average molecular weight is 356 g/mol. The summed E-state index contributed by atoms with van der Waals surface area (Å²) in [5, 5.41) is 9.59. The fourth-order valence-electron chi connectivity index (χ4n) is 3.27. The van der Waals surface area contributed by atoms with Gasteiger partial charge >= 0.3 is 5.97 Å². The van der Waals surface area contributed by atoms with E-state index in [-0.39, 0.29) is 28.7 Å². The number of carbonyl (C=O) groups excluding carboxylic acids is 1. The van der Waals surface area contributed by atoms with E-state index >= 15 is 0 Å². The lowest BCUT2D eigenvalue weighted by atomic mass is 10.0. The highest BCUT2D eigenvalue weighted by Gasteiger charge is 2.39. The molecule has 0 spiro atoms. The summed E-state index contributed by atoms with van der Waals surface area (Å²) in [6, 6.07) is 2.69. The van der Waals surface area contributed by atoms with Gasteiger partial charge in [0.15, 0.2) is 6.04 Å². The summed E-state index contributed by atoms with van der Waals surface area (Å²) < 4.78 is 13.8. The van der Waals surface area contributed by atoms with Crippen molar-refractivity contribution in [3.05, 3.63) is 63.7 Å². The smallest absolute Gasteiger partial charge is 0.332 e. The number of rotatable bonds is 2. The highest BCUT2D eigenvalue weighted by Crippen LogP contribution is 2.28. The zero-order chi connectivity index (χ0) is 18.4. The minimum Gasteiger partial charge on any atom is -0.479 e. The van der Waals surface area contributed by atoms with Gasteiger partial charge < -0.3 is 20.0 Å². The van der Waals surface area contributed by atoms with Gasteiger partial charge in [0.2, 0.25) is 5.43 Å². The molecule has 3 N–H and O–H groups in total. The molecule has 1 aliphatic rings. The van der Waals surface area contributed by atoms with Crippen LogP contribution in [0.25, 0.3) is 10.9 Å². The first kappa shape index (κ1) is 16.0. The first-order chi connectivity index (χ1) is 12.5. The summed E-state index contributed by atoms with van der Waals surface area (Å²) >= 11 is 0. The number of halogens is 1. The van der Waals surface area contributed by atoms with Crippen molar-refractivity contribution >= 4 is 22.8 Å². The number of H-pyrrole nitrogens is 2. The Bertz CT molecular complexity index is 1100. The van der Waals surface area contributed by atoms with Crippen LogP contribution in [-0.2, 0) is 11.2 Å². The molecule has 3 heterocycles. The number of nitrogens with zero attached hydrogens (tertiary/aromatic N) is 2. The molecule has 0 fully saturated rings. The normalized spacial score (nSPS) is 16.5. The van der Waals surface area contributed by atoms with Gasteiger partial charge in [-0.1, -0.05) is 6.07 Å². The third kappa shape index (κ3) is 2.28. The lowest BCUT2D eigenvalue weighted by Crippen LogP contribution is -2.45. The Morgan fingerprint density at radius 1 is 1.31 bits per heavy atom. The van der Waals surface area contributed by atoms with Crippen molar-refractivity contribution in [3.63, 3.8) is 0 Å². The van der Waals surface area contributed by atoms with Crippen molar-refractivity contribution in [1.29, 1.82) is 0 Å². The number of carbonyl (C=O) groups is 2. The zero-order valence-electron chi connectivity index (χ0n) is 13.3. The standard InChI is InChI=1S/C17H13FN4O4/c18-10-3-1-2-8-12(10)19-6-9(15(8)23)16(24)22-5-4-11-13(21-7-20-11)14(22)17(25)26/h1-3,6-7,14H,4-5H2,(H,19,23)(H,20,21)(H,25,26). The highest BCUT2D eigenvalue weighted by molar-refractivity contribution is 5.99. The molecule has 0 bridgehead atoms. The Labute approximate surface area is 145 Å². The molecule has 0 saturated carbocycles. The summed E-state index contributed by atoms with van der Waals surface area (Å²) in [6.45, 7) is 0.117. The summed E-state index contributed by atoms with van der Waals surface area (Å²) in [5.74, 6) is -2.59. The Hall–Kier alpha value is -3.49.